The first kappa shape index (κ1) is 11.2. The van der Waals surface area contributed by atoms with Crippen molar-refractivity contribution in [3.63, 3.8) is 0 Å². The molecule has 82 valence electrons. The average Bonchev–Trinajstić information content (AvgIpc) is 2.25. The van der Waals surface area contributed by atoms with Gasteiger partial charge >= 0.3 is 6.16 Å². The molecule has 0 aromatic carbocycles. The Balaban J connectivity index is 2.56. The lowest BCUT2D eigenvalue weighted by atomic mass is 10.2. The molecule has 0 saturated carbocycles. The highest BCUT2D eigenvalue weighted by molar-refractivity contribution is 6.15. The van der Waals surface area contributed by atoms with Crippen LogP contribution >= 0.6 is 0 Å². The molecule has 15 heavy (non-hydrogen) atoms. The number of hydrogen-bond acceptors (Lipinski definition) is 5. The maximum atomic E-state index is 11.1. The van der Waals surface area contributed by atoms with E-state index in [1.54, 1.807) is 20.8 Å². The first-order chi connectivity index (χ1) is 6.78. The average molecular weight is 213 g/mol. The summed E-state index contributed by atoms with van der Waals surface area (Å²) in [5.74, 6) is -1.71. The summed E-state index contributed by atoms with van der Waals surface area (Å²) in [6.45, 7) is 4.97. The molecule has 1 heterocycles. The van der Waals surface area contributed by atoms with Gasteiger partial charge in [0.25, 0.3) is 11.8 Å². The molecule has 1 aliphatic heterocycles. The summed E-state index contributed by atoms with van der Waals surface area (Å²) in [5.41, 5.74) is -0.712. The molecule has 0 radical (unpaired) electrons. The van der Waals surface area contributed by atoms with Crippen LogP contribution in [0.25, 0.3) is 0 Å². The van der Waals surface area contributed by atoms with Gasteiger partial charge in [-0.25, -0.2) is 4.79 Å². The van der Waals surface area contributed by atoms with Gasteiger partial charge in [-0.15, -0.1) is 0 Å². The van der Waals surface area contributed by atoms with E-state index in [1.807, 2.05) is 5.32 Å². The van der Waals surface area contributed by atoms with E-state index in [0.717, 1.165) is 6.08 Å². The maximum Gasteiger partial charge on any atom is 0.514 e. The van der Waals surface area contributed by atoms with Gasteiger partial charge in [0, 0.05) is 0 Å². The fourth-order valence-electron chi connectivity index (χ4n) is 0.831. The standard InChI is InChI=1S/C9H11NO5/c1-9(2,3)15-8(13)14-5-4-6(11)10-7(5)12/h4H,1-3H3,(H,10,11,12). The van der Waals surface area contributed by atoms with E-state index in [9.17, 15) is 14.4 Å². The van der Waals surface area contributed by atoms with Crippen molar-refractivity contribution in [1.29, 1.82) is 0 Å². The molecule has 1 N–H and O–H groups in total. The van der Waals surface area contributed by atoms with Crippen LogP contribution in [0.15, 0.2) is 11.8 Å². The quantitative estimate of drug-likeness (QED) is 0.506. The minimum atomic E-state index is -1.02. The van der Waals surface area contributed by atoms with Gasteiger partial charge < -0.3 is 9.47 Å². The van der Waals surface area contributed by atoms with Gasteiger partial charge in [-0.05, 0) is 20.8 Å². The van der Waals surface area contributed by atoms with Gasteiger partial charge in [-0.3, -0.25) is 14.9 Å². The Morgan fingerprint density at radius 3 is 2.33 bits per heavy atom. The number of hydrogen-bond donors (Lipinski definition) is 1. The van der Waals surface area contributed by atoms with Crippen molar-refractivity contribution in [2.45, 2.75) is 26.4 Å². The normalized spacial score (nSPS) is 15.8. The van der Waals surface area contributed by atoms with Crippen LogP contribution in [0.1, 0.15) is 20.8 Å². The molecular weight excluding hydrogens is 202 g/mol. The number of amides is 2. The molecule has 1 rings (SSSR count). The number of nitrogens with one attached hydrogen (secondary N) is 1. The predicted octanol–water partition coefficient (Wildman–Crippen LogP) is 0.478. The lowest BCUT2D eigenvalue weighted by Gasteiger charge is -2.18. The molecule has 0 aromatic heterocycles. The largest absolute Gasteiger partial charge is 0.514 e. The van der Waals surface area contributed by atoms with E-state index >= 15 is 0 Å². The van der Waals surface area contributed by atoms with Crippen molar-refractivity contribution in [1.82, 2.24) is 5.32 Å². The fourth-order valence-corrected chi connectivity index (χ4v) is 0.831. The first-order valence-corrected chi connectivity index (χ1v) is 4.26. The number of ether oxygens (including phenoxy) is 2. The van der Waals surface area contributed by atoms with Crippen molar-refractivity contribution < 1.29 is 23.9 Å². The van der Waals surface area contributed by atoms with Crippen LogP contribution in [0.4, 0.5) is 4.79 Å². The summed E-state index contributed by atoms with van der Waals surface area (Å²) in [5, 5.41) is 1.93. The van der Waals surface area contributed by atoms with Gasteiger partial charge in [0.05, 0.1) is 6.08 Å². The lowest BCUT2D eigenvalue weighted by Crippen LogP contribution is -2.27. The number of carbonyl (C=O) groups is 3. The second kappa shape index (κ2) is 3.72. The van der Waals surface area contributed by atoms with Crippen LogP contribution in [0.2, 0.25) is 0 Å². The molecule has 6 heteroatoms. The highest BCUT2D eigenvalue weighted by Crippen LogP contribution is 2.11. The van der Waals surface area contributed by atoms with Crippen LogP contribution in [0, 0.1) is 0 Å². The van der Waals surface area contributed by atoms with E-state index in [1.165, 1.54) is 0 Å². The molecule has 0 bridgehead atoms. The van der Waals surface area contributed by atoms with E-state index < -0.39 is 23.6 Å². The van der Waals surface area contributed by atoms with Gasteiger partial charge in [0.1, 0.15) is 5.60 Å². The third-order valence-electron chi connectivity index (χ3n) is 1.31. The van der Waals surface area contributed by atoms with Gasteiger partial charge in [-0.2, -0.15) is 0 Å². The van der Waals surface area contributed by atoms with Crippen LogP contribution in [-0.4, -0.2) is 23.6 Å². The van der Waals surface area contributed by atoms with Crippen molar-refractivity contribution in [3.05, 3.63) is 11.8 Å². The zero-order valence-corrected chi connectivity index (χ0v) is 8.62. The van der Waals surface area contributed by atoms with Gasteiger partial charge in [0.2, 0.25) is 5.76 Å². The zero-order valence-electron chi connectivity index (χ0n) is 8.62. The highest BCUT2D eigenvalue weighted by atomic mass is 16.7. The van der Waals surface area contributed by atoms with Crippen molar-refractivity contribution in [2.75, 3.05) is 0 Å². The Hall–Kier alpha value is -1.85. The molecule has 0 unspecified atom stereocenters. The summed E-state index contributed by atoms with van der Waals surface area (Å²) in [4.78, 5) is 32.7. The summed E-state index contributed by atoms with van der Waals surface area (Å²) >= 11 is 0. The summed E-state index contributed by atoms with van der Waals surface area (Å²) in [6.07, 6.45) is -0.120. The van der Waals surface area contributed by atoms with E-state index in [-0.39, 0.29) is 5.76 Å². The van der Waals surface area contributed by atoms with Crippen LogP contribution in [-0.2, 0) is 19.1 Å². The molecular formula is C9H11NO5. The second-order valence-electron chi connectivity index (χ2n) is 3.89. The Morgan fingerprint density at radius 1 is 1.33 bits per heavy atom. The molecule has 0 fully saturated rings. The minimum absolute atomic E-state index is 0.353. The molecule has 0 saturated heterocycles. The number of carbonyl (C=O) groups excluding carboxylic acids is 3. The molecule has 2 amide bonds. The Morgan fingerprint density at radius 2 is 1.93 bits per heavy atom. The summed E-state index contributed by atoms with van der Waals surface area (Å²) in [7, 11) is 0. The predicted molar refractivity (Wildman–Crippen MR) is 48.6 cm³/mol. The Kier molecular flexibility index (Phi) is 2.78. The van der Waals surface area contributed by atoms with E-state index in [0.29, 0.717) is 0 Å². The topological polar surface area (TPSA) is 81.7 Å². The molecule has 1 aliphatic rings. The molecule has 6 nitrogen and oxygen atoms in total. The van der Waals surface area contributed by atoms with Crippen LogP contribution in [0.5, 0.6) is 0 Å². The van der Waals surface area contributed by atoms with Crippen LogP contribution < -0.4 is 5.32 Å². The van der Waals surface area contributed by atoms with Crippen LogP contribution in [0.3, 0.4) is 0 Å². The second-order valence-corrected chi connectivity index (χ2v) is 3.89. The highest BCUT2D eigenvalue weighted by Gasteiger charge is 2.27. The van der Waals surface area contributed by atoms with E-state index in [2.05, 4.69) is 4.74 Å². The number of rotatable bonds is 1. The minimum Gasteiger partial charge on any atom is -0.428 e. The maximum absolute atomic E-state index is 11.1. The molecule has 0 atom stereocenters. The van der Waals surface area contributed by atoms with Gasteiger partial charge in [0.15, 0.2) is 0 Å². The zero-order chi connectivity index (χ0) is 11.6. The van der Waals surface area contributed by atoms with Crippen molar-refractivity contribution in [3.8, 4) is 0 Å². The Bertz CT molecular complexity index is 350. The van der Waals surface area contributed by atoms with Crippen molar-refractivity contribution in [2.24, 2.45) is 0 Å². The fraction of sp³-hybridized carbons (Fsp3) is 0.444. The Labute approximate surface area is 86.2 Å². The third kappa shape index (κ3) is 3.41. The molecule has 0 aliphatic carbocycles. The van der Waals surface area contributed by atoms with E-state index in [4.69, 9.17) is 4.74 Å². The lowest BCUT2D eigenvalue weighted by molar-refractivity contribution is -0.125. The van der Waals surface area contributed by atoms with Gasteiger partial charge in [-0.1, -0.05) is 0 Å². The molecule has 0 spiro atoms. The first-order valence-electron chi connectivity index (χ1n) is 4.26. The third-order valence-corrected chi connectivity index (χ3v) is 1.31. The summed E-state index contributed by atoms with van der Waals surface area (Å²) < 4.78 is 9.33. The number of imide groups is 1. The summed E-state index contributed by atoms with van der Waals surface area (Å²) in [6, 6.07) is 0. The monoisotopic (exact) mass is 213 g/mol. The smallest absolute Gasteiger partial charge is 0.428 e. The van der Waals surface area contributed by atoms with Crippen molar-refractivity contribution >= 4 is 18.0 Å². The SMILES string of the molecule is CC(C)(C)OC(=O)OC1=CC(=O)NC1=O. The molecule has 0 aromatic rings.